The first-order chi connectivity index (χ1) is 8.31. The van der Waals surface area contributed by atoms with Crippen LogP contribution in [0, 0.1) is 0 Å². The molecule has 0 radical (unpaired) electrons. The summed E-state index contributed by atoms with van der Waals surface area (Å²) in [6.07, 6.45) is 1.23. The highest BCUT2D eigenvalue weighted by Gasteiger charge is 2.18. The second kappa shape index (κ2) is 5.82. The molecule has 1 rings (SSSR count). The first kappa shape index (κ1) is 14.4. The number of aliphatic carboxylic acids is 1. The SMILES string of the molecule is C[Si](C)(C)Oc1ccc(CCC(=O)O)cc1C=O. The van der Waals surface area contributed by atoms with Gasteiger partial charge in [0.05, 0.1) is 5.56 Å². The molecule has 5 heteroatoms. The zero-order valence-corrected chi connectivity index (χ0v) is 11.9. The maximum atomic E-state index is 11.0. The molecule has 1 aromatic carbocycles. The van der Waals surface area contributed by atoms with Crippen molar-refractivity contribution in [3.05, 3.63) is 29.3 Å². The summed E-state index contributed by atoms with van der Waals surface area (Å²) in [7, 11) is -1.75. The van der Waals surface area contributed by atoms with Gasteiger partial charge in [0.15, 0.2) is 6.29 Å². The second-order valence-electron chi connectivity index (χ2n) is 5.10. The number of carbonyl (C=O) groups excluding carboxylic acids is 1. The van der Waals surface area contributed by atoms with Gasteiger partial charge in [-0.05, 0) is 43.8 Å². The Bertz CT molecular complexity index is 449. The summed E-state index contributed by atoms with van der Waals surface area (Å²) < 4.78 is 5.80. The summed E-state index contributed by atoms with van der Waals surface area (Å²) in [4.78, 5) is 21.5. The second-order valence-corrected chi connectivity index (χ2v) is 9.53. The fourth-order valence-electron chi connectivity index (χ4n) is 1.52. The van der Waals surface area contributed by atoms with Gasteiger partial charge in [-0.25, -0.2) is 0 Å². The van der Waals surface area contributed by atoms with E-state index in [4.69, 9.17) is 9.53 Å². The molecular formula is C13H18O4Si. The molecule has 1 N–H and O–H groups in total. The van der Waals surface area contributed by atoms with Crippen LogP contribution in [-0.2, 0) is 11.2 Å². The number of rotatable bonds is 6. The first-order valence-electron chi connectivity index (χ1n) is 5.81. The van der Waals surface area contributed by atoms with E-state index in [0.29, 0.717) is 17.7 Å². The molecule has 0 aromatic heterocycles. The lowest BCUT2D eigenvalue weighted by Gasteiger charge is -2.20. The van der Waals surface area contributed by atoms with Crippen LogP contribution in [0.4, 0.5) is 0 Å². The third-order valence-electron chi connectivity index (χ3n) is 2.24. The van der Waals surface area contributed by atoms with Gasteiger partial charge in [0.25, 0.3) is 0 Å². The molecule has 0 unspecified atom stereocenters. The minimum absolute atomic E-state index is 0.0620. The predicted octanol–water partition coefficient (Wildman–Crippen LogP) is 2.73. The Morgan fingerprint density at radius 3 is 2.56 bits per heavy atom. The lowest BCUT2D eigenvalue weighted by molar-refractivity contribution is -0.136. The largest absolute Gasteiger partial charge is 0.544 e. The molecule has 0 atom stereocenters. The van der Waals surface area contributed by atoms with Crippen molar-refractivity contribution in [2.24, 2.45) is 0 Å². The zero-order valence-electron chi connectivity index (χ0n) is 10.9. The molecule has 0 fully saturated rings. The van der Waals surface area contributed by atoms with E-state index in [2.05, 4.69) is 0 Å². The number of aryl methyl sites for hydroxylation is 1. The summed E-state index contributed by atoms with van der Waals surface area (Å²) in [5.41, 5.74) is 1.32. The van der Waals surface area contributed by atoms with Crippen LogP contribution in [0.5, 0.6) is 5.75 Å². The molecule has 18 heavy (non-hydrogen) atoms. The molecule has 0 saturated heterocycles. The maximum Gasteiger partial charge on any atom is 0.303 e. The van der Waals surface area contributed by atoms with Gasteiger partial charge in [-0.15, -0.1) is 0 Å². The summed E-state index contributed by atoms with van der Waals surface area (Å²) in [6, 6.07) is 5.26. The minimum Gasteiger partial charge on any atom is -0.544 e. The van der Waals surface area contributed by atoms with E-state index in [-0.39, 0.29) is 6.42 Å². The van der Waals surface area contributed by atoms with Crippen molar-refractivity contribution < 1.29 is 19.1 Å². The van der Waals surface area contributed by atoms with Crippen molar-refractivity contribution in [2.75, 3.05) is 0 Å². The van der Waals surface area contributed by atoms with Crippen LogP contribution >= 0.6 is 0 Å². The molecule has 0 heterocycles. The van der Waals surface area contributed by atoms with Gasteiger partial charge < -0.3 is 9.53 Å². The minimum atomic E-state index is -1.75. The van der Waals surface area contributed by atoms with Crippen molar-refractivity contribution in [1.29, 1.82) is 0 Å². The van der Waals surface area contributed by atoms with Gasteiger partial charge in [0.1, 0.15) is 5.75 Å². The zero-order chi connectivity index (χ0) is 13.8. The Morgan fingerprint density at radius 1 is 1.39 bits per heavy atom. The van der Waals surface area contributed by atoms with Gasteiger partial charge in [-0.1, -0.05) is 6.07 Å². The molecule has 0 aliphatic carbocycles. The van der Waals surface area contributed by atoms with E-state index in [1.54, 1.807) is 12.1 Å². The monoisotopic (exact) mass is 266 g/mol. The van der Waals surface area contributed by atoms with Gasteiger partial charge >= 0.3 is 5.97 Å². The molecule has 0 spiro atoms. The summed E-state index contributed by atoms with van der Waals surface area (Å²) >= 11 is 0. The van der Waals surface area contributed by atoms with Crippen molar-refractivity contribution in [3.8, 4) is 5.75 Å². The standard InChI is InChI=1S/C13H18O4Si/c1-18(2,3)17-12-6-4-10(5-7-13(15)16)8-11(12)9-14/h4,6,8-9H,5,7H2,1-3H3,(H,15,16). The van der Waals surface area contributed by atoms with Crippen LogP contribution in [0.1, 0.15) is 22.3 Å². The number of carboxylic acid groups (broad SMARTS) is 1. The molecule has 0 bridgehead atoms. The number of hydrogen-bond donors (Lipinski definition) is 1. The Balaban J connectivity index is 2.89. The van der Waals surface area contributed by atoms with E-state index in [1.807, 2.05) is 25.7 Å². The molecular weight excluding hydrogens is 248 g/mol. The molecule has 98 valence electrons. The quantitative estimate of drug-likeness (QED) is 0.635. The lowest BCUT2D eigenvalue weighted by Crippen LogP contribution is -2.29. The average molecular weight is 266 g/mol. The van der Waals surface area contributed by atoms with E-state index in [0.717, 1.165) is 11.8 Å². The molecule has 4 nitrogen and oxygen atoms in total. The molecule has 0 aliphatic heterocycles. The normalized spacial score (nSPS) is 11.1. The van der Waals surface area contributed by atoms with Gasteiger partial charge in [0, 0.05) is 6.42 Å². The van der Waals surface area contributed by atoms with E-state index >= 15 is 0 Å². The van der Waals surface area contributed by atoms with Crippen LogP contribution in [0.25, 0.3) is 0 Å². The molecule has 0 saturated carbocycles. The first-order valence-corrected chi connectivity index (χ1v) is 9.21. The number of carbonyl (C=O) groups is 2. The summed E-state index contributed by atoms with van der Waals surface area (Å²) in [5.74, 6) is -0.256. The van der Waals surface area contributed by atoms with Crippen LogP contribution in [0.15, 0.2) is 18.2 Å². The third kappa shape index (κ3) is 4.71. The summed E-state index contributed by atoms with van der Waals surface area (Å²) in [5, 5.41) is 8.62. The Morgan fingerprint density at radius 2 is 2.06 bits per heavy atom. The fraction of sp³-hybridized carbons (Fsp3) is 0.385. The van der Waals surface area contributed by atoms with Gasteiger partial charge in [0.2, 0.25) is 8.32 Å². The third-order valence-corrected chi connectivity index (χ3v) is 3.08. The van der Waals surface area contributed by atoms with Crippen molar-refractivity contribution in [2.45, 2.75) is 32.5 Å². The average Bonchev–Trinajstić information content (AvgIpc) is 2.25. The van der Waals surface area contributed by atoms with Crippen molar-refractivity contribution in [3.63, 3.8) is 0 Å². The number of hydrogen-bond acceptors (Lipinski definition) is 3. The van der Waals surface area contributed by atoms with Gasteiger partial charge in [-0.3, -0.25) is 9.59 Å². The Hall–Kier alpha value is -1.62. The maximum absolute atomic E-state index is 11.0. The van der Waals surface area contributed by atoms with Crippen LogP contribution in [0.2, 0.25) is 19.6 Å². The highest BCUT2D eigenvalue weighted by atomic mass is 28.4. The van der Waals surface area contributed by atoms with Gasteiger partial charge in [-0.2, -0.15) is 0 Å². The molecule has 1 aromatic rings. The van der Waals surface area contributed by atoms with Crippen LogP contribution in [0.3, 0.4) is 0 Å². The van der Waals surface area contributed by atoms with Crippen molar-refractivity contribution >= 4 is 20.6 Å². The van der Waals surface area contributed by atoms with E-state index in [9.17, 15) is 9.59 Å². The topological polar surface area (TPSA) is 63.6 Å². The Labute approximate surface area is 108 Å². The fourth-order valence-corrected chi connectivity index (χ4v) is 2.37. The number of aldehydes is 1. The lowest BCUT2D eigenvalue weighted by atomic mass is 10.1. The van der Waals surface area contributed by atoms with Crippen LogP contribution < -0.4 is 4.43 Å². The highest BCUT2D eigenvalue weighted by Crippen LogP contribution is 2.22. The molecule has 0 amide bonds. The summed E-state index contributed by atoms with van der Waals surface area (Å²) in [6.45, 7) is 6.12. The van der Waals surface area contributed by atoms with E-state index < -0.39 is 14.3 Å². The smallest absolute Gasteiger partial charge is 0.303 e. The number of benzene rings is 1. The van der Waals surface area contributed by atoms with Crippen LogP contribution in [-0.4, -0.2) is 25.7 Å². The highest BCUT2D eigenvalue weighted by molar-refractivity contribution is 6.70. The molecule has 0 aliphatic rings. The van der Waals surface area contributed by atoms with E-state index in [1.165, 1.54) is 0 Å². The number of carboxylic acids is 1. The Kier molecular flexibility index (Phi) is 4.67. The van der Waals surface area contributed by atoms with Crippen molar-refractivity contribution in [1.82, 2.24) is 0 Å². The predicted molar refractivity (Wildman–Crippen MR) is 71.8 cm³/mol.